The molecular formula is C14H29N2O2+. The van der Waals surface area contributed by atoms with Gasteiger partial charge in [-0.15, -0.1) is 0 Å². The number of likely N-dealkylation sites (N-methyl/N-ethyl adjacent to an activating group) is 1. The van der Waals surface area contributed by atoms with Gasteiger partial charge >= 0.3 is 5.97 Å². The summed E-state index contributed by atoms with van der Waals surface area (Å²) < 4.78 is 6.33. The average molecular weight is 257 g/mol. The van der Waals surface area contributed by atoms with Crippen LogP contribution in [0.5, 0.6) is 0 Å². The zero-order valence-electron chi connectivity index (χ0n) is 12.6. The van der Waals surface area contributed by atoms with E-state index in [1.54, 1.807) is 0 Å². The predicted octanol–water partition coefficient (Wildman–Crippen LogP) is 1.36. The van der Waals surface area contributed by atoms with Crippen LogP contribution in [0.25, 0.3) is 0 Å². The van der Waals surface area contributed by atoms with Gasteiger partial charge in [0, 0.05) is 13.1 Å². The summed E-state index contributed by atoms with van der Waals surface area (Å²) in [5.74, 6) is 0.252. The van der Waals surface area contributed by atoms with Gasteiger partial charge in [-0.05, 0) is 19.8 Å². The van der Waals surface area contributed by atoms with Crippen molar-refractivity contribution < 1.29 is 14.0 Å². The minimum Gasteiger partial charge on any atom is -0.465 e. The average Bonchev–Trinajstić information content (AvgIpc) is 2.32. The third-order valence-electron chi connectivity index (χ3n) is 4.17. The minimum atomic E-state index is -0.0736. The van der Waals surface area contributed by atoms with Crippen LogP contribution in [0.4, 0.5) is 0 Å². The van der Waals surface area contributed by atoms with Crippen molar-refractivity contribution in [3.8, 4) is 0 Å². The molecule has 0 aliphatic carbocycles. The highest BCUT2D eigenvalue weighted by atomic mass is 16.5. The Bertz CT molecular complexity index is 271. The van der Waals surface area contributed by atoms with E-state index in [2.05, 4.69) is 32.7 Å². The summed E-state index contributed by atoms with van der Waals surface area (Å²) in [5, 5.41) is 0. The first-order valence-corrected chi connectivity index (χ1v) is 7.17. The molecule has 0 saturated carbocycles. The van der Waals surface area contributed by atoms with E-state index in [9.17, 15) is 4.79 Å². The Morgan fingerprint density at radius 3 is 2.22 bits per heavy atom. The fraction of sp³-hybridized carbons (Fsp3) is 0.929. The first kappa shape index (κ1) is 15.4. The van der Waals surface area contributed by atoms with Crippen LogP contribution in [0.3, 0.4) is 0 Å². The van der Waals surface area contributed by atoms with Crippen LogP contribution in [0.2, 0.25) is 0 Å². The van der Waals surface area contributed by atoms with Crippen molar-refractivity contribution in [2.24, 2.45) is 5.92 Å². The lowest BCUT2D eigenvalue weighted by molar-refractivity contribution is -0.912. The van der Waals surface area contributed by atoms with Crippen LogP contribution in [-0.4, -0.2) is 67.8 Å². The third-order valence-corrected chi connectivity index (χ3v) is 4.17. The van der Waals surface area contributed by atoms with E-state index in [1.807, 2.05) is 6.92 Å². The smallest absolute Gasteiger partial charge is 0.323 e. The topological polar surface area (TPSA) is 29.5 Å². The van der Waals surface area contributed by atoms with E-state index in [0.29, 0.717) is 12.5 Å². The molecule has 0 aromatic carbocycles. The number of carbonyl (C=O) groups is 1. The molecule has 1 aliphatic heterocycles. The second-order valence-electron chi connectivity index (χ2n) is 5.86. The molecule has 1 rings (SSSR count). The summed E-state index contributed by atoms with van der Waals surface area (Å²) in [6.45, 7) is 14.2. The van der Waals surface area contributed by atoms with Crippen molar-refractivity contribution in [2.75, 3.05) is 46.4 Å². The van der Waals surface area contributed by atoms with Gasteiger partial charge in [0.2, 0.25) is 0 Å². The van der Waals surface area contributed by atoms with Gasteiger partial charge in [0.1, 0.15) is 6.04 Å². The monoisotopic (exact) mass is 257 g/mol. The molecule has 1 heterocycles. The second-order valence-corrected chi connectivity index (χ2v) is 5.86. The molecule has 0 radical (unpaired) electrons. The van der Waals surface area contributed by atoms with Crippen molar-refractivity contribution in [1.29, 1.82) is 0 Å². The van der Waals surface area contributed by atoms with Crippen LogP contribution in [0, 0.1) is 5.92 Å². The van der Waals surface area contributed by atoms with Crippen LogP contribution in [-0.2, 0) is 9.53 Å². The number of hydrogen-bond donors (Lipinski definition) is 0. The largest absolute Gasteiger partial charge is 0.465 e. The lowest BCUT2D eigenvalue weighted by atomic mass is 10.0. The van der Waals surface area contributed by atoms with E-state index >= 15 is 0 Å². The lowest BCUT2D eigenvalue weighted by Crippen LogP contribution is -2.61. The number of piperazine rings is 1. The molecule has 0 amide bonds. The van der Waals surface area contributed by atoms with Gasteiger partial charge < -0.3 is 9.22 Å². The minimum absolute atomic E-state index is 0.0555. The fourth-order valence-corrected chi connectivity index (χ4v) is 2.63. The molecule has 4 heteroatoms. The Balaban J connectivity index is 2.64. The fourth-order valence-electron chi connectivity index (χ4n) is 2.63. The van der Waals surface area contributed by atoms with Crippen molar-refractivity contribution in [3.05, 3.63) is 0 Å². The van der Waals surface area contributed by atoms with E-state index < -0.39 is 0 Å². The molecule has 1 atom stereocenters. The number of quaternary nitrogens is 1. The summed E-state index contributed by atoms with van der Waals surface area (Å²) in [7, 11) is 2.30. The Morgan fingerprint density at radius 1 is 1.28 bits per heavy atom. The molecule has 18 heavy (non-hydrogen) atoms. The van der Waals surface area contributed by atoms with Crippen LogP contribution >= 0.6 is 0 Å². The molecule has 0 aromatic heterocycles. The molecule has 106 valence electrons. The molecule has 1 fully saturated rings. The van der Waals surface area contributed by atoms with Crippen LogP contribution in [0.15, 0.2) is 0 Å². The Morgan fingerprint density at radius 2 is 1.83 bits per heavy atom. The highest BCUT2D eigenvalue weighted by molar-refractivity contribution is 5.76. The lowest BCUT2D eigenvalue weighted by Gasteiger charge is -2.44. The summed E-state index contributed by atoms with van der Waals surface area (Å²) in [5.41, 5.74) is 0. The highest BCUT2D eigenvalue weighted by Gasteiger charge is 2.36. The van der Waals surface area contributed by atoms with Crippen molar-refractivity contribution >= 4 is 5.97 Å². The molecule has 1 saturated heterocycles. The van der Waals surface area contributed by atoms with Crippen LogP contribution < -0.4 is 0 Å². The number of carbonyl (C=O) groups excluding carboxylic acids is 1. The first-order chi connectivity index (χ1) is 8.43. The number of esters is 1. The Kier molecular flexibility index (Phi) is 5.60. The molecule has 1 unspecified atom stereocenters. The number of rotatable bonds is 5. The van der Waals surface area contributed by atoms with Gasteiger partial charge in [-0.2, -0.15) is 0 Å². The third kappa shape index (κ3) is 3.69. The van der Waals surface area contributed by atoms with Gasteiger partial charge in [0.25, 0.3) is 0 Å². The van der Waals surface area contributed by atoms with Crippen molar-refractivity contribution in [2.45, 2.75) is 33.7 Å². The summed E-state index contributed by atoms with van der Waals surface area (Å²) in [6, 6.07) is -0.0736. The quantitative estimate of drug-likeness (QED) is 0.550. The zero-order valence-corrected chi connectivity index (χ0v) is 12.6. The second kappa shape index (κ2) is 6.53. The Hall–Kier alpha value is -0.610. The standard InChI is InChI=1S/C14H29N2O2/c1-6-16(5)10-8-15(9-11-16)13(12(3)4)14(17)18-7-2/h12-13H,6-11H2,1-5H3/q+1. The normalized spacial score (nSPS) is 21.9. The van der Waals surface area contributed by atoms with Gasteiger partial charge in [0.15, 0.2) is 0 Å². The van der Waals surface area contributed by atoms with Gasteiger partial charge in [-0.25, -0.2) is 0 Å². The van der Waals surface area contributed by atoms with Gasteiger partial charge in [-0.3, -0.25) is 9.69 Å². The molecular weight excluding hydrogens is 228 g/mol. The number of hydrogen-bond acceptors (Lipinski definition) is 3. The first-order valence-electron chi connectivity index (χ1n) is 7.17. The maximum atomic E-state index is 12.0. The van der Waals surface area contributed by atoms with E-state index in [0.717, 1.165) is 30.7 Å². The van der Waals surface area contributed by atoms with Crippen molar-refractivity contribution in [3.63, 3.8) is 0 Å². The van der Waals surface area contributed by atoms with E-state index in [-0.39, 0.29) is 12.0 Å². The summed E-state index contributed by atoms with van der Waals surface area (Å²) >= 11 is 0. The predicted molar refractivity (Wildman–Crippen MR) is 73.3 cm³/mol. The van der Waals surface area contributed by atoms with Crippen molar-refractivity contribution in [1.82, 2.24) is 4.90 Å². The summed E-state index contributed by atoms with van der Waals surface area (Å²) in [4.78, 5) is 14.3. The Labute approximate surface area is 111 Å². The van der Waals surface area contributed by atoms with Gasteiger partial charge in [0.05, 0.1) is 33.3 Å². The highest BCUT2D eigenvalue weighted by Crippen LogP contribution is 2.18. The van der Waals surface area contributed by atoms with E-state index in [1.165, 1.54) is 6.54 Å². The molecule has 0 bridgehead atoms. The molecule has 4 nitrogen and oxygen atoms in total. The zero-order chi connectivity index (χ0) is 13.8. The van der Waals surface area contributed by atoms with Gasteiger partial charge in [-0.1, -0.05) is 13.8 Å². The maximum Gasteiger partial charge on any atom is 0.323 e. The molecule has 0 N–H and O–H groups in total. The maximum absolute atomic E-state index is 12.0. The van der Waals surface area contributed by atoms with Crippen LogP contribution in [0.1, 0.15) is 27.7 Å². The molecule has 0 spiro atoms. The SMILES string of the molecule is CCOC(=O)C(C(C)C)N1CC[N+](C)(CC)CC1. The molecule has 1 aliphatic rings. The number of nitrogens with zero attached hydrogens (tertiary/aromatic N) is 2. The molecule has 0 aromatic rings. The van der Waals surface area contributed by atoms with E-state index in [4.69, 9.17) is 4.74 Å². The summed E-state index contributed by atoms with van der Waals surface area (Å²) in [6.07, 6.45) is 0. The number of ether oxygens (including phenoxy) is 1.